The van der Waals surface area contributed by atoms with E-state index in [1.54, 1.807) is 0 Å². The van der Waals surface area contributed by atoms with Crippen LogP contribution in [0.3, 0.4) is 0 Å². The largest absolute Gasteiger partial charge is 0.413 e. The normalized spacial score (nSPS) is 12.9. The highest BCUT2D eigenvalue weighted by atomic mass is 32.2. The van der Waals surface area contributed by atoms with E-state index in [1.807, 2.05) is 0 Å². The van der Waals surface area contributed by atoms with Gasteiger partial charge in [0, 0.05) is 32.7 Å². The molecular weight excluding hydrogens is 275 g/mol. The molecular formula is C8H18F3N3O3S. The van der Waals surface area contributed by atoms with Crippen molar-refractivity contribution in [2.75, 3.05) is 45.1 Å². The Balaban J connectivity index is 3.59. The quantitative estimate of drug-likeness (QED) is 0.354. The summed E-state index contributed by atoms with van der Waals surface area (Å²) in [5.41, 5.74) is 5.22. The lowest BCUT2D eigenvalue weighted by Gasteiger charge is -2.09. The lowest BCUT2D eigenvalue weighted by Crippen LogP contribution is -2.33. The molecule has 0 bridgehead atoms. The second-order valence-corrected chi connectivity index (χ2v) is 5.19. The van der Waals surface area contributed by atoms with Crippen molar-refractivity contribution >= 4 is 10.1 Å². The Bertz CT molecular complexity index is 308. The van der Waals surface area contributed by atoms with Crippen LogP contribution in [0.4, 0.5) is 13.2 Å². The second-order valence-electron chi connectivity index (χ2n) is 3.43. The van der Waals surface area contributed by atoms with Gasteiger partial charge in [-0.1, -0.05) is 0 Å². The minimum Gasteiger partial charge on any atom is -0.329 e. The summed E-state index contributed by atoms with van der Waals surface area (Å²) in [6.07, 6.45) is -4.65. The van der Waals surface area contributed by atoms with Gasteiger partial charge in [-0.25, -0.2) is 0 Å². The van der Waals surface area contributed by atoms with E-state index in [4.69, 9.17) is 5.73 Å². The van der Waals surface area contributed by atoms with E-state index < -0.39 is 28.7 Å². The number of nitrogens with one attached hydrogen (secondary N) is 2. The van der Waals surface area contributed by atoms with Crippen LogP contribution >= 0.6 is 0 Å². The highest BCUT2D eigenvalue weighted by molar-refractivity contribution is 7.86. The maximum Gasteiger partial charge on any atom is 0.413 e. The van der Waals surface area contributed by atoms with Crippen molar-refractivity contribution in [3.63, 3.8) is 0 Å². The van der Waals surface area contributed by atoms with Crippen LogP contribution < -0.4 is 16.4 Å². The Kier molecular flexibility index (Phi) is 8.44. The highest BCUT2D eigenvalue weighted by Gasteiger charge is 2.30. The van der Waals surface area contributed by atoms with Crippen LogP contribution in [0.2, 0.25) is 0 Å². The van der Waals surface area contributed by atoms with E-state index >= 15 is 0 Å². The first kappa shape index (κ1) is 17.6. The Morgan fingerprint density at radius 1 is 1.06 bits per heavy atom. The van der Waals surface area contributed by atoms with Crippen LogP contribution in [0.25, 0.3) is 0 Å². The first-order valence-electron chi connectivity index (χ1n) is 5.32. The molecule has 0 saturated carbocycles. The fourth-order valence-electron chi connectivity index (χ4n) is 0.942. The molecule has 0 aliphatic carbocycles. The van der Waals surface area contributed by atoms with E-state index in [0.717, 1.165) is 0 Å². The van der Waals surface area contributed by atoms with Gasteiger partial charge >= 0.3 is 6.18 Å². The minimum absolute atomic E-state index is 0.0322. The summed E-state index contributed by atoms with van der Waals surface area (Å²) in [4.78, 5) is 0. The van der Waals surface area contributed by atoms with Gasteiger partial charge in [0.25, 0.3) is 10.1 Å². The third kappa shape index (κ3) is 12.0. The average molecular weight is 293 g/mol. The molecule has 0 saturated heterocycles. The first-order chi connectivity index (χ1) is 8.27. The standard InChI is InChI=1S/C8H18F3N3O3S/c9-8(10,11)7-17-18(15,16)6-5-14-4-3-13-2-1-12/h13-14H,1-7,12H2. The molecule has 4 N–H and O–H groups in total. The van der Waals surface area contributed by atoms with Gasteiger partial charge in [-0.3, -0.25) is 4.18 Å². The number of nitrogens with two attached hydrogens (primary N) is 1. The summed E-state index contributed by atoms with van der Waals surface area (Å²) in [5, 5.41) is 5.71. The van der Waals surface area contributed by atoms with Crippen LogP contribution in [0.5, 0.6) is 0 Å². The van der Waals surface area contributed by atoms with Crippen LogP contribution in [0.1, 0.15) is 0 Å². The van der Waals surface area contributed by atoms with Gasteiger partial charge in [0.1, 0.15) is 0 Å². The van der Waals surface area contributed by atoms with Gasteiger partial charge in [0.05, 0.1) is 5.75 Å². The molecule has 0 fully saturated rings. The molecule has 6 nitrogen and oxygen atoms in total. The molecule has 0 aromatic carbocycles. The van der Waals surface area contributed by atoms with Crippen molar-refractivity contribution in [1.29, 1.82) is 0 Å². The number of rotatable bonds is 10. The zero-order valence-electron chi connectivity index (χ0n) is 9.79. The summed E-state index contributed by atoms with van der Waals surface area (Å²) >= 11 is 0. The van der Waals surface area contributed by atoms with Crippen molar-refractivity contribution in [2.45, 2.75) is 6.18 Å². The maximum atomic E-state index is 11.7. The van der Waals surface area contributed by atoms with E-state index in [1.165, 1.54) is 0 Å². The molecule has 0 amide bonds. The topological polar surface area (TPSA) is 93.5 Å². The van der Waals surface area contributed by atoms with Crippen molar-refractivity contribution in [3.05, 3.63) is 0 Å². The van der Waals surface area contributed by atoms with Gasteiger partial charge in [0.2, 0.25) is 0 Å². The van der Waals surface area contributed by atoms with Gasteiger partial charge in [0.15, 0.2) is 6.61 Å². The summed E-state index contributed by atoms with van der Waals surface area (Å²) in [5.74, 6) is -0.500. The van der Waals surface area contributed by atoms with E-state index in [0.29, 0.717) is 26.2 Å². The number of hydrogen-bond acceptors (Lipinski definition) is 6. The Morgan fingerprint density at radius 3 is 2.11 bits per heavy atom. The molecule has 0 aliphatic rings. The molecule has 110 valence electrons. The van der Waals surface area contributed by atoms with E-state index in [9.17, 15) is 21.6 Å². The SMILES string of the molecule is NCCNCCNCCS(=O)(=O)OCC(F)(F)F. The Labute approximate surface area is 104 Å². The molecule has 0 aromatic heterocycles. The lowest BCUT2D eigenvalue weighted by atomic mass is 10.5. The van der Waals surface area contributed by atoms with E-state index in [-0.39, 0.29) is 6.54 Å². The molecule has 0 spiro atoms. The third-order valence-electron chi connectivity index (χ3n) is 1.73. The van der Waals surface area contributed by atoms with Crippen LogP contribution in [0.15, 0.2) is 0 Å². The smallest absolute Gasteiger partial charge is 0.329 e. The lowest BCUT2D eigenvalue weighted by molar-refractivity contribution is -0.152. The van der Waals surface area contributed by atoms with Crippen LogP contribution in [-0.2, 0) is 14.3 Å². The molecule has 0 rings (SSSR count). The van der Waals surface area contributed by atoms with Crippen LogP contribution in [-0.4, -0.2) is 59.7 Å². The zero-order valence-corrected chi connectivity index (χ0v) is 10.6. The second kappa shape index (κ2) is 8.64. The predicted molar refractivity (Wildman–Crippen MR) is 60.6 cm³/mol. The first-order valence-corrected chi connectivity index (χ1v) is 6.90. The monoisotopic (exact) mass is 293 g/mol. The van der Waals surface area contributed by atoms with Gasteiger partial charge < -0.3 is 16.4 Å². The fraction of sp³-hybridized carbons (Fsp3) is 1.00. The average Bonchev–Trinajstić information content (AvgIpc) is 2.25. The fourth-order valence-corrected chi connectivity index (χ4v) is 1.77. The molecule has 0 unspecified atom stereocenters. The van der Waals surface area contributed by atoms with Crippen LogP contribution in [0, 0.1) is 0 Å². The van der Waals surface area contributed by atoms with Crippen molar-refractivity contribution in [1.82, 2.24) is 10.6 Å². The summed E-state index contributed by atoms with van der Waals surface area (Å²) in [6.45, 7) is 0.488. The summed E-state index contributed by atoms with van der Waals surface area (Å²) in [6, 6.07) is 0. The number of alkyl halides is 3. The molecule has 0 aromatic rings. The summed E-state index contributed by atoms with van der Waals surface area (Å²) in [7, 11) is -4.14. The highest BCUT2D eigenvalue weighted by Crippen LogP contribution is 2.15. The summed E-state index contributed by atoms with van der Waals surface area (Å²) < 4.78 is 61.0. The number of hydrogen-bond donors (Lipinski definition) is 3. The Hall–Kier alpha value is -0.420. The number of halogens is 3. The van der Waals surface area contributed by atoms with Crippen molar-refractivity contribution in [3.8, 4) is 0 Å². The molecule has 0 atom stereocenters. The molecule has 0 heterocycles. The molecule has 0 radical (unpaired) electrons. The third-order valence-corrected chi connectivity index (χ3v) is 2.91. The molecule has 18 heavy (non-hydrogen) atoms. The van der Waals surface area contributed by atoms with Gasteiger partial charge in [-0.05, 0) is 0 Å². The minimum atomic E-state index is -4.65. The Morgan fingerprint density at radius 2 is 1.61 bits per heavy atom. The molecule has 0 aliphatic heterocycles. The maximum absolute atomic E-state index is 11.7. The van der Waals surface area contributed by atoms with Crippen molar-refractivity contribution < 1.29 is 25.8 Å². The van der Waals surface area contributed by atoms with Crippen molar-refractivity contribution in [2.24, 2.45) is 5.73 Å². The van der Waals surface area contributed by atoms with Gasteiger partial charge in [-0.2, -0.15) is 21.6 Å². The molecule has 10 heteroatoms. The van der Waals surface area contributed by atoms with Gasteiger partial charge in [-0.15, -0.1) is 0 Å². The van der Waals surface area contributed by atoms with E-state index in [2.05, 4.69) is 14.8 Å². The predicted octanol–water partition coefficient (Wildman–Crippen LogP) is -0.967. The zero-order chi connectivity index (χ0) is 14.1.